The van der Waals surface area contributed by atoms with Crippen molar-refractivity contribution in [3.05, 3.63) is 50.7 Å². The Bertz CT molecular complexity index is 836. The molecule has 1 aromatic heterocycles. The monoisotopic (exact) mass is 385 g/mol. The molecule has 1 aliphatic heterocycles. The largest absolute Gasteiger partial charge is 0.365 e. The molecule has 1 saturated heterocycles. The smallest absolute Gasteiger partial charge is 0.258 e. The molecule has 2 amide bonds. The summed E-state index contributed by atoms with van der Waals surface area (Å²) < 4.78 is 0. The van der Waals surface area contributed by atoms with Gasteiger partial charge in [-0.15, -0.1) is 11.3 Å². The molecule has 2 heterocycles. The summed E-state index contributed by atoms with van der Waals surface area (Å²) in [5, 5.41) is 3.08. The topological polar surface area (TPSA) is 75.4 Å². The number of carbonyl (C=O) groups excluding carboxylic acids is 2. The van der Waals surface area contributed by atoms with E-state index in [9.17, 15) is 9.59 Å². The molecule has 27 heavy (non-hydrogen) atoms. The lowest BCUT2D eigenvalue weighted by Gasteiger charge is -2.23. The maximum atomic E-state index is 12.5. The minimum Gasteiger partial charge on any atom is -0.365 e. The van der Waals surface area contributed by atoms with Gasteiger partial charge in [0.25, 0.3) is 5.91 Å². The molecule has 5 nitrogen and oxygen atoms in total. The molecule has 6 heteroatoms. The molecule has 1 fully saturated rings. The van der Waals surface area contributed by atoms with Crippen LogP contribution in [0.2, 0.25) is 0 Å². The highest BCUT2D eigenvalue weighted by Gasteiger charge is 2.27. The van der Waals surface area contributed by atoms with Gasteiger partial charge in [0.05, 0.1) is 4.88 Å². The van der Waals surface area contributed by atoms with Gasteiger partial charge in [-0.3, -0.25) is 14.5 Å². The molecule has 0 bridgehead atoms. The van der Waals surface area contributed by atoms with E-state index in [-0.39, 0.29) is 17.9 Å². The predicted molar refractivity (Wildman–Crippen MR) is 110 cm³/mol. The molecule has 1 aromatic carbocycles. The first kappa shape index (κ1) is 19.6. The molecule has 0 unspecified atom stereocenters. The van der Waals surface area contributed by atoms with Crippen molar-refractivity contribution in [2.24, 2.45) is 5.73 Å². The maximum Gasteiger partial charge on any atom is 0.258 e. The van der Waals surface area contributed by atoms with Crippen LogP contribution in [0.3, 0.4) is 0 Å². The first-order valence-corrected chi connectivity index (χ1v) is 10.2. The van der Waals surface area contributed by atoms with Crippen LogP contribution < -0.4 is 11.1 Å². The summed E-state index contributed by atoms with van der Waals surface area (Å²) in [7, 11) is 0. The molecule has 0 saturated carbocycles. The summed E-state index contributed by atoms with van der Waals surface area (Å²) in [6.07, 6.45) is 2.61. The normalized spacial score (nSPS) is 17.2. The van der Waals surface area contributed by atoms with Crippen LogP contribution in [-0.2, 0) is 4.79 Å². The Morgan fingerprint density at radius 1 is 1.22 bits per heavy atom. The van der Waals surface area contributed by atoms with E-state index < -0.39 is 0 Å². The van der Waals surface area contributed by atoms with Gasteiger partial charge in [0.15, 0.2) is 0 Å². The fraction of sp³-hybridized carbons (Fsp3) is 0.429. The lowest BCUT2D eigenvalue weighted by atomic mass is 10.0. The molecule has 1 atom stereocenters. The number of nitrogens with one attached hydrogen (secondary N) is 1. The van der Waals surface area contributed by atoms with Gasteiger partial charge < -0.3 is 11.1 Å². The number of nitrogens with zero attached hydrogens (tertiary/aromatic N) is 1. The van der Waals surface area contributed by atoms with Crippen molar-refractivity contribution in [3.8, 4) is 0 Å². The lowest BCUT2D eigenvalue weighted by Crippen LogP contribution is -2.27. The molecule has 1 aliphatic rings. The quantitative estimate of drug-likeness (QED) is 0.791. The number of hydrogen-bond acceptors (Lipinski definition) is 4. The van der Waals surface area contributed by atoms with E-state index in [1.165, 1.54) is 16.9 Å². The maximum absolute atomic E-state index is 12.5. The number of likely N-dealkylation sites (tertiary alicyclic amines) is 1. The van der Waals surface area contributed by atoms with Crippen molar-refractivity contribution in [1.29, 1.82) is 0 Å². The number of benzene rings is 1. The summed E-state index contributed by atoms with van der Waals surface area (Å²) in [4.78, 5) is 27.9. The van der Waals surface area contributed by atoms with Crippen LogP contribution in [0.1, 0.15) is 56.5 Å². The Kier molecular flexibility index (Phi) is 5.97. The average Bonchev–Trinajstić information content (AvgIpc) is 3.24. The van der Waals surface area contributed by atoms with Crippen molar-refractivity contribution < 1.29 is 9.59 Å². The van der Waals surface area contributed by atoms with E-state index in [4.69, 9.17) is 5.73 Å². The zero-order valence-electron chi connectivity index (χ0n) is 16.2. The van der Waals surface area contributed by atoms with Crippen molar-refractivity contribution in [2.75, 3.05) is 18.4 Å². The SMILES string of the molecule is Cc1cc(C)c(NC(=O)CCN2CCC[C@@H]2c2ccc(C(N)=O)s2)c(C)c1. The van der Waals surface area contributed by atoms with Crippen LogP contribution in [0, 0.1) is 20.8 Å². The number of carbonyl (C=O) groups is 2. The van der Waals surface area contributed by atoms with Crippen LogP contribution >= 0.6 is 11.3 Å². The van der Waals surface area contributed by atoms with Gasteiger partial charge in [-0.1, -0.05) is 17.7 Å². The summed E-state index contributed by atoms with van der Waals surface area (Å²) in [6, 6.07) is 8.25. The fourth-order valence-corrected chi connectivity index (χ4v) is 4.93. The predicted octanol–water partition coefficient (Wildman–Crippen LogP) is 3.94. The summed E-state index contributed by atoms with van der Waals surface area (Å²) in [5.41, 5.74) is 9.69. The highest BCUT2D eigenvalue weighted by Crippen LogP contribution is 2.35. The van der Waals surface area contributed by atoms with E-state index in [0.717, 1.165) is 41.1 Å². The second-order valence-corrected chi connectivity index (χ2v) is 8.45. The van der Waals surface area contributed by atoms with Crippen molar-refractivity contribution in [1.82, 2.24) is 4.90 Å². The lowest BCUT2D eigenvalue weighted by molar-refractivity contribution is -0.116. The highest BCUT2D eigenvalue weighted by molar-refractivity contribution is 7.14. The summed E-state index contributed by atoms with van der Waals surface area (Å²) in [6.45, 7) is 7.81. The molecular weight excluding hydrogens is 358 g/mol. The van der Waals surface area contributed by atoms with Crippen molar-refractivity contribution >= 4 is 28.8 Å². The van der Waals surface area contributed by atoms with Gasteiger partial charge in [-0.2, -0.15) is 0 Å². The molecule has 3 rings (SSSR count). The summed E-state index contributed by atoms with van der Waals surface area (Å²) >= 11 is 1.47. The zero-order valence-corrected chi connectivity index (χ0v) is 17.0. The van der Waals surface area contributed by atoms with Crippen LogP contribution in [0.15, 0.2) is 24.3 Å². The molecule has 0 aliphatic carbocycles. The minimum absolute atomic E-state index is 0.0414. The van der Waals surface area contributed by atoms with E-state index in [0.29, 0.717) is 17.8 Å². The Morgan fingerprint density at radius 2 is 1.93 bits per heavy atom. The third-order valence-electron chi connectivity index (χ3n) is 5.13. The number of thiophene rings is 1. The van der Waals surface area contributed by atoms with Gasteiger partial charge >= 0.3 is 0 Å². The van der Waals surface area contributed by atoms with Gasteiger partial charge in [0.1, 0.15) is 0 Å². The molecular formula is C21H27N3O2S. The summed E-state index contributed by atoms with van der Waals surface area (Å²) in [5.74, 6) is -0.335. The Hall–Kier alpha value is -2.18. The Labute approximate surface area is 164 Å². The van der Waals surface area contributed by atoms with Gasteiger partial charge in [0.2, 0.25) is 5.91 Å². The number of aryl methyl sites for hydroxylation is 3. The second kappa shape index (κ2) is 8.23. The third-order valence-corrected chi connectivity index (χ3v) is 6.33. The zero-order chi connectivity index (χ0) is 19.6. The number of hydrogen-bond donors (Lipinski definition) is 2. The molecule has 0 spiro atoms. The van der Waals surface area contributed by atoms with Gasteiger partial charge in [-0.05, 0) is 63.4 Å². The third kappa shape index (κ3) is 4.57. The first-order chi connectivity index (χ1) is 12.8. The van der Waals surface area contributed by atoms with Crippen LogP contribution in [0.25, 0.3) is 0 Å². The van der Waals surface area contributed by atoms with E-state index in [1.807, 2.05) is 19.9 Å². The van der Waals surface area contributed by atoms with Gasteiger partial charge in [0, 0.05) is 29.6 Å². The van der Waals surface area contributed by atoms with Crippen LogP contribution in [-0.4, -0.2) is 29.8 Å². The van der Waals surface area contributed by atoms with Crippen LogP contribution in [0.4, 0.5) is 5.69 Å². The van der Waals surface area contributed by atoms with Gasteiger partial charge in [-0.25, -0.2) is 0 Å². The van der Waals surface area contributed by atoms with E-state index >= 15 is 0 Å². The molecule has 0 radical (unpaired) electrons. The number of nitrogens with two attached hydrogens (primary N) is 1. The minimum atomic E-state index is -0.376. The molecule has 2 aromatic rings. The number of primary amides is 1. The van der Waals surface area contributed by atoms with E-state index in [1.54, 1.807) is 6.07 Å². The number of amides is 2. The Morgan fingerprint density at radius 3 is 2.56 bits per heavy atom. The molecule has 3 N–H and O–H groups in total. The average molecular weight is 386 g/mol. The number of anilines is 1. The standard InChI is InChI=1S/C21H27N3O2S/c1-13-11-14(2)20(15(3)12-13)23-19(25)8-10-24-9-4-5-16(24)17-6-7-18(27-17)21(22)26/h6-7,11-12,16H,4-5,8-10H2,1-3H3,(H2,22,26)(H,23,25)/t16-/m1/s1. The molecule has 144 valence electrons. The van der Waals surface area contributed by atoms with Crippen molar-refractivity contribution in [2.45, 2.75) is 46.1 Å². The Balaban J connectivity index is 1.60. The van der Waals surface area contributed by atoms with Crippen LogP contribution in [0.5, 0.6) is 0 Å². The highest BCUT2D eigenvalue weighted by atomic mass is 32.1. The number of rotatable bonds is 6. The first-order valence-electron chi connectivity index (χ1n) is 9.36. The fourth-order valence-electron chi connectivity index (χ4n) is 3.90. The second-order valence-electron chi connectivity index (χ2n) is 7.33. The van der Waals surface area contributed by atoms with E-state index in [2.05, 4.69) is 29.3 Å². The van der Waals surface area contributed by atoms with Crippen molar-refractivity contribution in [3.63, 3.8) is 0 Å².